The predicted octanol–water partition coefficient (Wildman–Crippen LogP) is 5.27. The Kier molecular flexibility index (Phi) is 7.00. The van der Waals surface area contributed by atoms with Crippen molar-refractivity contribution in [3.05, 3.63) is 52.9 Å². The van der Waals surface area contributed by atoms with Crippen LogP contribution in [0.4, 0.5) is 5.69 Å². The van der Waals surface area contributed by atoms with E-state index in [0.29, 0.717) is 13.0 Å². The molecule has 6 heteroatoms. The summed E-state index contributed by atoms with van der Waals surface area (Å²) in [6.07, 6.45) is 8.26. The number of hydrogen-bond donors (Lipinski definition) is 0. The fraction of sp³-hybridized carbons (Fsp3) is 0.433. The summed E-state index contributed by atoms with van der Waals surface area (Å²) in [4.78, 5) is 24.6. The van der Waals surface area contributed by atoms with Gasteiger partial charge in [0.2, 0.25) is 0 Å². The minimum atomic E-state index is -0.544. The molecule has 0 saturated carbocycles. The van der Waals surface area contributed by atoms with E-state index in [1.165, 1.54) is 69.9 Å². The molecule has 3 heterocycles. The van der Waals surface area contributed by atoms with Crippen LogP contribution in [0.25, 0.3) is 29.0 Å². The van der Waals surface area contributed by atoms with Crippen molar-refractivity contribution in [2.45, 2.75) is 58.3 Å². The zero-order valence-corrected chi connectivity index (χ0v) is 23.3. The summed E-state index contributed by atoms with van der Waals surface area (Å²) < 4.78 is 8.03. The van der Waals surface area contributed by atoms with Crippen molar-refractivity contribution in [3.8, 4) is 9.27 Å². The third-order valence-corrected chi connectivity index (χ3v) is 10.9. The average Bonchev–Trinajstić information content (AvgIpc) is 2.90. The second-order valence-electron chi connectivity index (χ2n) is 9.90. The van der Waals surface area contributed by atoms with Crippen LogP contribution < -0.4 is 10.3 Å². The summed E-state index contributed by atoms with van der Waals surface area (Å²) in [5, 5.41) is 3.54. The number of nitrogens with zero attached hydrogens (tertiary/aromatic N) is 3. The Balaban J connectivity index is 1.38. The van der Waals surface area contributed by atoms with Gasteiger partial charge < -0.3 is 0 Å². The molecule has 1 aliphatic carbocycles. The van der Waals surface area contributed by atoms with Gasteiger partial charge in [-0.05, 0) is 6.92 Å². The molecule has 0 spiro atoms. The number of benzene rings is 3. The molecule has 2 aromatic rings. The van der Waals surface area contributed by atoms with Gasteiger partial charge in [0.1, 0.15) is 0 Å². The topological polar surface area (TPSA) is 54.8 Å². The second-order valence-corrected chi connectivity index (χ2v) is 12.9. The number of carbonyl (C=O) groups excluding carboxylic acids is 1. The third kappa shape index (κ3) is 4.55. The van der Waals surface area contributed by atoms with E-state index in [1.54, 1.807) is 14.7 Å². The zero-order valence-electron chi connectivity index (χ0n) is 21.0. The van der Waals surface area contributed by atoms with Gasteiger partial charge in [-0.2, -0.15) is 0 Å². The number of hydrogen-bond acceptors (Lipinski definition) is 5. The number of aryl methyl sites for hydroxylation is 2. The normalized spacial score (nSPS) is 15.6. The number of ether oxygens (including phenoxy) is 1. The van der Waals surface area contributed by atoms with Crippen LogP contribution in [0.1, 0.15) is 56.6 Å². The first-order chi connectivity index (χ1) is 17.7. The first kappa shape index (κ1) is 23.9. The van der Waals surface area contributed by atoms with Gasteiger partial charge in [0, 0.05) is 0 Å². The van der Waals surface area contributed by atoms with Crippen molar-refractivity contribution in [1.29, 1.82) is 0 Å². The molecule has 4 aliphatic rings. The van der Waals surface area contributed by atoms with Gasteiger partial charge in [-0.15, -0.1) is 0 Å². The molecule has 2 aromatic carbocycles. The van der Waals surface area contributed by atoms with Crippen LogP contribution in [0.3, 0.4) is 0 Å². The van der Waals surface area contributed by atoms with Gasteiger partial charge in [0.25, 0.3) is 0 Å². The molecule has 0 N–H and O–H groups in total. The van der Waals surface area contributed by atoms with E-state index in [1.807, 2.05) is 6.92 Å². The molecule has 36 heavy (non-hydrogen) atoms. The molecular weight excluding hydrogens is 562 g/mol. The van der Waals surface area contributed by atoms with Gasteiger partial charge in [-0.1, -0.05) is 0 Å². The second kappa shape index (κ2) is 10.5. The Morgan fingerprint density at radius 1 is 1.08 bits per heavy atom. The van der Waals surface area contributed by atoms with Crippen LogP contribution >= 0.6 is 0 Å². The monoisotopic (exact) mass is 597 g/mol. The molecule has 0 aromatic heterocycles. The molecule has 3 aliphatic heterocycles. The number of rotatable bonds is 7. The SMILES string of the molecule is CCOC(=O)CCCCCN=c1cc2[te]c3c4c5c(cc3nc-2c2ccccc12)CCCN5CCC4. The Morgan fingerprint density at radius 2 is 1.92 bits per heavy atom. The maximum atomic E-state index is 11.6. The van der Waals surface area contributed by atoms with E-state index in [4.69, 9.17) is 14.7 Å². The van der Waals surface area contributed by atoms with Crippen molar-refractivity contribution < 1.29 is 9.53 Å². The van der Waals surface area contributed by atoms with Crippen LogP contribution in [0.5, 0.6) is 0 Å². The summed E-state index contributed by atoms with van der Waals surface area (Å²) in [6.45, 7) is 5.52. The molecule has 0 amide bonds. The molecule has 0 bridgehead atoms. The minimum absolute atomic E-state index is 0.0905. The van der Waals surface area contributed by atoms with Gasteiger partial charge in [-0.25, -0.2) is 0 Å². The number of unbranched alkanes of at least 4 members (excludes halogenated alkanes) is 2. The van der Waals surface area contributed by atoms with Crippen LogP contribution in [0, 0.1) is 0 Å². The number of carbonyl (C=O) groups is 1. The van der Waals surface area contributed by atoms with Gasteiger partial charge >= 0.3 is 216 Å². The van der Waals surface area contributed by atoms with E-state index in [2.05, 4.69) is 41.3 Å². The van der Waals surface area contributed by atoms with Crippen LogP contribution in [-0.2, 0) is 22.4 Å². The summed E-state index contributed by atoms with van der Waals surface area (Å²) in [7, 11) is 0. The van der Waals surface area contributed by atoms with Crippen LogP contribution in [0.15, 0.2) is 41.4 Å². The molecule has 0 atom stereocenters. The third-order valence-electron chi connectivity index (χ3n) is 7.48. The fourth-order valence-corrected chi connectivity index (χ4v) is 9.22. The van der Waals surface area contributed by atoms with Crippen LogP contribution in [0.2, 0.25) is 0 Å². The maximum absolute atomic E-state index is 11.6. The van der Waals surface area contributed by atoms with E-state index in [9.17, 15) is 4.79 Å². The fourth-order valence-electron chi connectivity index (χ4n) is 5.87. The molecule has 0 fully saturated rings. The Bertz CT molecular complexity index is 1470. The predicted molar refractivity (Wildman–Crippen MR) is 147 cm³/mol. The van der Waals surface area contributed by atoms with Crippen LogP contribution in [-0.4, -0.2) is 57.6 Å². The van der Waals surface area contributed by atoms with Gasteiger partial charge in [0.05, 0.1) is 0 Å². The Morgan fingerprint density at radius 3 is 2.78 bits per heavy atom. The number of fused-ring (bicyclic) bond motifs is 5. The number of esters is 1. The quantitative estimate of drug-likeness (QED) is 0.0961. The number of aromatic nitrogens is 1. The molecule has 0 radical (unpaired) electrons. The average molecular weight is 595 g/mol. The summed E-state index contributed by atoms with van der Waals surface area (Å²) in [6, 6.07) is 13.4. The zero-order chi connectivity index (χ0) is 24.5. The Hall–Kier alpha value is -2.42. The van der Waals surface area contributed by atoms with E-state index in [-0.39, 0.29) is 5.97 Å². The van der Waals surface area contributed by atoms with E-state index < -0.39 is 20.4 Å². The van der Waals surface area contributed by atoms with E-state index >= 15 is 0 Å². The molecule has 5 nitrogen and oxygen atoms in total. The summed E-state index contributed by atoms with van der Waals surface area (Å²) >= 11 is -0.544. The van der Waals surface area contributed by atoms with Gasteiger partial charge in [-0.3, -0.25) is 0 Å². The standard InChI is InChI=1S/C30H33N3O2Te/c1-2-35-27(34)14-4-3-7-15-31-24-19-26-28(22-12-6-5-11-21(22)24)32-25-18-20-10-8-16-33-17-9-13-23(29(20)33)30(25)36-26/h5-6,11-12,18-19H,2-4,7-10,13-17H2,1H3. The van der Waals surface area contributed by atoms with Crippen molar-refractivity contribution >= 4 is 51.8 Å². The molecular formula is C30H33N3O2Te. The first-order valence-corrected chi connectivity index (χ1v) is 15.8. The van der Waals surface area contributed by atoms with Crippen molar-refractivity contribution in [1.82, 2.24) is 4.98 Å². The molecule has 186 valence electrons. The van der Waals surface area contributed by atoms with E-state index in [0.717, 1.165) is 31.2 Å². The van der Waals surface area contributed by atoms with Gasteiger partial charge in [0.15, 0.2) is 0 Å². The van der Waals surface area contributed by atoms with Crippen molar-refractivity contribution in [2.24, 2.45) is 4.99 Å². The number of anilines is 1. The van der Waals surface area contributed by atoms with Crippen molar-refractivity contribution in [3.63, 3.8) is 0 Å². The molecule has 0 unspecified atom stereocenters. The Labute approximate surface area is 222 Å². The van der Waals surface area contributed by atoms with Crippen molar-refractivity contribution in [2.75, 3.05) is 31.1 Å². The summed E-state index contributed by atoms with van der Waals surface area (Å²) in [5.74, 6) is -0.0905. The molecule has 0 saturated heterocycles. The first-order valence-electron chi connectivity index (χ1n) is 13.4. The summed E-state index contributed by atoms with van der Waals surface area (Å²) in [5.41, 5.74) is 7.12. The molecule has 6 rings (SSSR count).